The van der Waals surface area contributed by atoms with Gasteiger partial charge in [-0.3, -0.25) is 4.79 Å². The predicted molar refractivity (Wildman–Crippen MR) is 79.0 cm³/mol. The quantitative estimate of drug-likeness (QED) is 0.826. The molecule has 3 nitrogen and oxygen atoms in total. The molecular weight excluding hydrogens is 252 g/mol. The van der Waals surface area contributed by atoms with E-state index >= 15 is 0 Å². The van der Waals surface area contributed by atoms with E-state index in [1.165, 1.54) is 0 Å². The second-order valence-electron chi connectivity index (χ2n) is 4.95. The van der Waals surface area contributed by atoms with Crippen molar-refractivity contribution in [1.29, 1.82) is 0 Å². The van der Waals surface area contributed by atoms with Crippen LogP contribution in [0.25, 0.3) is 11.1 Å². The lowest BCUT2D eigenvalue weighted by Crippen LogP contribution is -2.10. The molecule has 20 heavy (non-hydrogen) atoms. The molecule has 0 amide bonds. The van der Waals surface area contributed by atoms with Gasteiger partial charge >= 0.3 is 0 Å². The number of phenolic OH excluding ortho intramolecular Hbond substituents is 2. The maximum absolute atomic E-state index is 12.1. The Morgan fingerprint density at radius 3 is 2.20 bits per heavy atom. The highest BCUT2D eigenvalue weighted by Crippen LogP contribution is 2.29. The molecule has 3 heteroatoms. The first kappa shape index (κ1) is 14.1. The molecule has 0 aliphatic carbocycles. The average molecular weight is 270 g/mol. The van der Waals surface area contributed by atoms with Crippen LogP contribution in [0, 0.1) is 5.92 Å². The van der Waals surface area contributed by atoms with Crippen LogP contribution in [0.2, 0.25) is 0 Å². The maximum atomic E-state index is 12.1. The highest BCUT2D eigenvalue weighted by Gasteiger charge is 2.17. The van der Waals surface area contributed by atoms with Crippen LogP contribution in [0.1, 0.15) is 30.6 Å². The summed E-state index contributed by atoms with van der Waals surface area (Å²) in [6.45, 7) is 3.81. The van der Waals surface area contributed by atoms with Crippen LogP contribution in [-0.2, 0) is 0 Å². The fourth-order valence-corrected chi connectivity index (χ4v) is 2.02. The van der Waals surface area contributed by atoms with E-state index in [-0.39, 0.29) is 23.2 Å². The van der Waals surface area contributed by atoms with E-state index < -0.39 is 0 Å². The third-order valence-electron chi connectivity index (χ3n) is 3.52. The third-order valence-corrected chi connectivity index (χ3v) is 3.52. The Hall–Kier alpha value is -2.29. The highest BCUT2D eigenvalue weighted by molar-refractivity contribution is 6.00. The lowest BCUT2D eigenvalue weighted by atomic mass is 9.94. The first-order valence-corrected chi connectivity index (χ1v) is 6.69. The minimum Gasteiger partial charge on any atom is -0.508 e. The van der Waals surface area contributed by atoms with Crippen molar-refractivity contribution < 1.29 is 15.0 Å². The van der Waals surface area contributed by atoms with E-state index in [1.54, 1.807) is 36.4 Å². The van der Waals surface area contributed by atoms with Crippen molar-refractivity contribution in [3.05, 3.63) is 48.0 Å². The summed E-state index contributed by atoms with van der Waals surface area (Å²) in [5.74, 6) is 0.0603. The number of phenols is 2. The van der Waals surface area contributed by atoms with Crippen LogP contribution >= 0.6 is 0 Å². The Kier molecular flexibility index (Phi) is 4.08. The minimum absolute atomic E-state index is 0.000810. The molecule has 104 valence electrons. The van der Waals surface area contributed by atoms with Crippen molar-refractivity contribution in [3.63, 3.8) is 0 Å². The average Bonchev–Trinajstić information content (AvgIpc) is 2.46. The number of aromatic hydroxyl groups is 2. The zero-order chi connectivity index (χ0) is 14.7. The van der Waals surface area contributed by atoms with Crippen molar-refractivity contribution in [2.45, 2.75) is 20.3 Å². The summed E-state index contributed by atoms with van der Waals surface area (Å²) < 4.78 is 0. The van der Waals surface area contributed by atoms with Crippen LogP contribution in [0.5, 0.6) is 11.5 Å². The molecule has 0 spiro atoms. The minimum atomic E-state index is -0.0968. The molecular formula is C17H18O3. The van der Waals surface area contributed by atoms with E-state index in [9.17, 15) is 15.0 Å². The second-order valence-corrected chi connectivity index (χ2v) is 4.95. The SMILES string of the molecule is CC[C@H](C)C(=O)c1ccc(-c2ccc(O)cc2)cc1O. The maximum Gasteiger partial charge on any atom is 0.169 e. The molecule has 0 fully saturated rings. The van der Waals surface area contributed by atoms with Gasteiger partial charge in [0.2, 0.25) is 0 Å². The van der Waals surface area contributed by atoms with Gasteiger partial charge in [-0.15, -0.1) is 0 Å². The van der Waals surface area contributed by atoms with Crippen molar-refractivity contribution in [2.24, 2.45) is 5.92 Å². The molecule has 0 saturated carbocycles. The summed E-state index contributed by atoms with van der Waals surface area (Å²) in [5.41, 5.74) is 2.05. The molecule has 0 aliphatic rings. The van der Waals surface area contributed by atoms with Crippen LogP contribution in [0.15, 0.2) is 42.5 Å². The molecule has 0 radical (unpaired) electrons. The summed E-state index contributed by atoms with van der Waals surface area (Å²) >= 11 is 0. The summed E-state index contributed by atoms with van der Waals surface area (Å²) in [5, 5.41) is 19.3. The molecule has 1 atom stereocenters. The fourth-order valence-electron chi connectivity index (χ4n) is 2.02. The molecule has 0 saturated heterocycles. The molecule has 0 heterocycles. The third kappa shape index (κ3) is 2.82. The molecule has 2 rings (SSSR count). The van der Waals surface area contributed by atoms with Gasteiger partial charge in [-0.2, -0.15) is 0 Å². The summed E-state index contributed by atoms with van der Waals surface area (Å²) in [6, 6.07) is 11.8. The normalized spacial score (nSPS) is 12.1. The van der Waals surface area contributed by atoms with Gasteiger partial charge in [0.15, 0.2) is 5.78 Å². The van der Waals surface area contributed by atoms with Gasteiger partial charge in [0.25, 0.3) is 0 Å². The smallest absolute Gasteiger partial charge is 0.169 e. The van der Waals surface area contributed by atoms with E-state index in [2.05, 4.69) is 0 Å². The van der Waals surface area contributed by atoms with Gasteiger partial charge in [0, 0.05) is 5.92 Å². The van der Waals surface area contributed by atoms with Gasteiger partial charge in [-0.1, -0.05) is 32.0 Å². The zero-order valence-corrected chi connectivity index (χ0v) is 11.6. The van der Waals surface area contributed by atoms with Crippen LogP contribution < -0.4 is 0 Å². The standard InChI is InChI=1S/C17H18O3/c1-3-11(2)17(20)15-9-6-13(10-16(15)19)12-4-7-14(18)8-5-12/h4-11,18-19H,3H2,1-2H3/t11-/m0/s1. The van der Waals surface area contributed by atoms with Crippen molar-refractivity contribution in [2.75, 3.05) is 0 Å². The molecule has 2 N–H and O–H groups in total. The molecule has 0 bridgehead atoms. The second kappa shape index (κ2) is 5.78. The van der Waals surface area contributed by atoms with Crippen molar-refractivity contribution >= 4 is 5.78 Å². The monoisotopic (exact) mass is 270 g/mol. The Bertz CT molecular complexity index is 615. The predicted octanol–water partition coefficient (Wildman–Crippen LogP) is 3.99. The van der Waals surface area contributed by atoms with Gasteiger partial charge in [0.1, 0.15) is 11.5 Å². The van der Waals surface area contributed by atoms with Crippen LogP contribution in [-0.4, -0.2) is 16.0 Å². The molecule has 0 aromatic heterocycles. The number of carbonyl (C=O) groups excluding carboxylic acids is 1. The number of Topliss-reactive ketones (excluding diaryl/α,β-unsaturated/α-hetero) is 1. The van der Waals surface area contributed by atoms with Gasteiger partial charge in [-0.05, 0) is 41.8 Å². The Balaban J connectivity index is 2.35. The topological polar surface area (TPSA) is 57.5 Å². The highest BCUT2D eigenvalue weighted by atomic mass is 16.3. The number of ketones is 1. The van der Waals surface area contributed by atoms with Crippen molar-refractivity contribution in [3.8, 4) is 22.6 Å². The summed E-state index contributed by atoms with van der Waals surface area (Å²) in [7, 11) is 0. The zero-order valence-electron chi connectivity index (χ0n) is 11.6. The van der Waals surface area contributed by atoms with Gasteiger partial charge in [-0.25, -0.2) is 0 Å². The lowest BCUT2D eigenvalue weighted by Gasteiger charge is -2.10. The van der Waals surface area contributed by atoms with E-state index in [1.807, 2.05) is 19.9 Å². The Labute approximate surface area is 118 Å². The van der Waals surface area contributed by atoms with E-state index in [0.29, 0.717) is 5.56 Å². The number of carbonyl (C=O) groups is 1. The molecule has 0 unspecified atom stereocenters. The summed E-state index contributed by atoms with van der Waals surface area (Å²) in [4.78, 5) is 12.1. The van der Waals surface area contributed by atoms with Crippen molar-refractivity contribution in [1.82, 2.24) is 0 Å². The van der Waals surface area contributed by atoms with Gasteiger partial charge < -0.3 is 10.2 Å². The van der Waals surface area contributed by atoms with Crippen LogP contribution in [0.3, 0.4) is 0 Å². The first-order chi connectivity index (χ1) is 9.52. The van der Waals surface area contributed by atoms with Gasteiger partial charge in [0.05, 0.1) is 5.56 Å². The Morgan fingerprint density at radius 2 is 1.65 bits per heavy atom. The summed E-state index contributed by atoms with van der Waals surface area (Å²) in [6.07, 6.45) is 0.748. The number of benzene rings is 2. The number of hydrogen-bond acceptors (Lipinski definition) is 3. The van der Waals surface area contributed by atoms with E-state index in [0.717, 1.165) is 17.5 Å². The largest absolute Gasteiger partial charge is 0.508 e. The molecule has 2 aromatic carbocycles. The number of rotatable bonds is 4. The first-order valence-electron chi connectivity index (χ1n) is 6.69. The van der Waals surface area contributed by atoms with E-state index in [4.69, 9.17) is 0 Å². The fraction of sp³-hybridized carbons (Fsp3) is 0.235. The van der Waals surface area contributed by atoms with Crippen LogP contribution in [0.4, 0.5) is 0 Å². The molecule has 2 aromatic rings. The molecule has 0 aliphatic heterocycles. The Morgan fingerprint density at radius 1 is 1.05 bits per heavy atom. The number of hydrogen-bond donors (Lipinski definition) is 2. The lowest BCUT2D eigenvalue weighted by molar-refractivity contribution is 0.0924.